The molecule has 0 unspecified atom stereocenters. The second-order valence-corrected chi connectivity index (χ2v) is 25.7. The molecule has 1 aromatic rings. The maximum atomic E-state index is 15.2. The van der Waals surface area contributed by atoms with Gasteiger partial charge in [0.2, 0.25) is 52.7 Å². The van der Waals surface area contributed by atoms with Crippen LogP contribution in [0.15, 0.2) is 21.3 Å². The molecule has 92 heavy (non-hydrogen) atoms. The first-order valence-electron chi connectivity index (χ1n) is 30.5. The highest BCUT2D eigenvalue weighted by Crippen LogP contribution is 2.36. The predicted octanol–water partition coefficient (Wildman–Crippen LogP) is 0.264. The van der Waals surface area contributed by atoms with E-state index in [1.807, 2.05) is 0 Å². The van der Waals surface area contributed by atoms with Crippen molar-refractivity contribution in [2.45, 2.75) is 175 Å². The lowest BCUT2D eigenvalue weighted by Gasteiger charge is -2.37. The van der Waals surface area contributed by atoms with Crippen LogP contribution >= 0.6 is 11.6 Å². The van der Waals surface area contributed by atoms with Gasteiger partial charge < -0.3 is 70.3 Å². The van der Waals surface area contributed by atoms with Crippen LogP contribution in [0.2, 0.25) is 0 Å². The first-order chi connectivity index (χ1) is 43.0. The largest absolute Gasteiger partial charge is 0.458 e. The Balaban J connectivity index is 1.33. The molecule has 4 fully saturated rings. The Labute approximate surface area is 536 Å². The van der Waals surface area contributed by atoms with Gasteiger partial charge >= 0.3 is 11.9 Å². The van der Waals surface area contributed by atoms with Gasteiger partial charge in [-0.25, -0.2) is 14.6 Å². The molecule has 1 aromatic carbocycles. The van der Waals surface area contributed by atoms with Gasteiger partial charge in [0.15, 0.2) is 17.1 Å². The van der Waals surface area contributed by atoms with Crippen LogP contribution in [-0.2, 0) is 62.2 Å². The maximum absolute atomic E-state index is 15.2. The number of anilines is 1. The quantitative estimate of drug-likeness (QED) is 0.0874. The third-order valence-corrected chi connectivity index (χ3v) is 18.2. The van der Waals surface area contributed by atoms with Crippen molar-refractivity contribution in [3.05, 3.63) is 44.6 Å². The number of nitrogen functional groups attached to an aromatic ring is 1. The van der Waals surface area contributed by atoms with Crippen molar-refractivity contribution in [2.24, 2.45) is 17.8 Å². The number of esters is 2. The summed E-state index contributed by atoms with van der Waals surface area (Å²) in [6.07, 6.45) is -3.09. The van der Waals surface area contributed by atoms with E-state index in [4.69, 9.17) is 36.2 Å². The highest BCUT2D eigenvalue weighted by molar-refractivity contribution is 6.19. The number of benzene rings is 2. The van der Waals surface area contributed by atoms with Crippen LogP contribution in [0.3, 0.4) is 0 Å². The van der Waals surface area contributed by atoms with Gasteiger partial charge in [0.1, 0.15) is 71.8 Å². The molecule has 0 aromatic heterocycles. The molecule has 0 bridgehead atoms. The topological polar surface area (TPSA) is 377 Å². The number of hydrogen-bond acceptors (Lipinski definition) is 19. The number of Topliss-reactive ketones (excluding diaryl/α,β-unsaturated/α-hetero) is 1. The summed E-state index contributed by atoms with van der Waals surface area (Å²) in [5, 5.41) is 10.4. The number of aryl methyl sites for hydroxylation is 1. The van der Waals surface area contributed by atoms with Crippen molar-refractivity contribution in [3.63, 3.8) is 0 Å². The van der Waals surface area contributed by atoms with Crippen LogP contribution in [-0.4, -0.2) is 231 Å². The monoisotopic (exact) mass is 1300 g/mol. The number of ether oxygens (including phenoxy) is 2. The number of cyclic esters (lactones) is 2. The number of nitrogens with one attached hydrogen (secondary N) is 4. The van der Waals surface area contributed by atoms with Crippen LogP contribution in [0, 0.1) is 31.6 Å². The second-order valence-electron chi connectivity index (χ2n) is 25.4. The molecule has 12 atom stereocenters. The fraction of sp³-hybridized carbons (Fsp3) is 0.597. The number of rotatable bonds is 8. The molecule has 1 aliphatic carbocycles. The molecule has 0 spiro atoms. The van der Waals surface area contributed by atoms with Crippen molar-refractivity contribution in [2.75, 3.05) is 52.9 Å². The fourth-order valence-corrected chi connectivity index (χ4v) is 12.3. The Morgan fingerprint density at radius 1 is 0.674 bits per heavy atom. The summed E-state index contributed by atoms with van der Waals surface area (Å²) in [7, 11) is 5.33. The summed E-state index contributed by atoms with van der Waals surface area (Å²) in [6.45, 7) is 17.4. The Bertz CT molecular complexity index is 3550. The Morgan fingerprint density at radius 2 is 1.22 bits per heavy atom. The third-order valence-electron chi connectivity index (χ3n) is 17.9. The normalized spacial score (nSPS) is 27.5. The number of carbonyl (C=O) groups excluding carboxylic acids is 13. The number of nitrogens with two attached hydrogens (primary N) is 1. The number of ketones is 1. The van der Waals surface area contributed by atoms with Crippen LogP contribution < -0.4 is 32.4 Å². The number of fused-ring (bicyclic) bond motifs is 4. The maximum Gasteiger partial charge on any atom is 0.329 e. The molecule has 500 valence electrons. The molecule has 4 saturated heterocycles. The van der Waals surface area contributed by atoms with E-state index in [0.717, 1.165) is 19.6 Å². The Morgan fingerprint density at radius 3 is 1.78 bits per heavy atom. The van der Waals surface area contributed by atoms with Gasteiger partial charge in [0, 0.05) is 46.2 Å². The van der Waals surface area contributed by atoms with E-state index in [9.17, 15) is 57.5 Å². The van der Waals surface area contributed by atoms with Gasteiger partial charge in [-0.3, -0.25) is 57.5 Å². The first kappa shape index (κ1) is 70.7. The van der Waals surface area contributed by atoms with Crippen LogP contribution in [0.4, 0.5) is 5.69 Å². The Kier molecular flexibility index (Phi) is 21.5. The summed E-state index contributed by atoms with van der Waals surface area (Å²) < 4.78 is 18.1. The summed E-state index contributed by atoms with van der Waals surface area (Å²) in [5.74, 6) is -14.4. The summed E-state index contributed by atoms with van der Waals surface area (Å²) in [4.78, 5) is 212. The van der Waals surface area contributed by atoms with Crippen molar-refractivity contribution in [3.8, 4) is 11.5 Å². The number of hydrogen-bond donors (Lipinski definition) is 5. The van der Waals surface area contributed by atoms with E-state index in [1.165, 1.54) is 77.8 Å². The molecular weight excluding hydrogens is 1220 g/mol. The first-order valence-corrected chi connectivity index (χ1v) is 31.0. The average Bonchev–Trinajstić information content (AvgIpc) is 0.867. The van der Waals surface area contributed by atoms with E-state index in [1.54, 1.807) is 55.4 Å². The fourth-order valence-electron chi connectivity index (χ4n) is 12.1. The van der Waals surface area contributed by atoms with Gasteiger partial charge in [0.25, 0.3) is 11.8 Å². The summed E-state index contributed by atoms with van der Waals surface area (Å²) >= 11 is 6.49. The molecule has 6 N–H and O–H groups in total. The molecule has 5 aliphatic heterocycles. The predicted molar refractivity (Wildman–Crippen MR) is 331 cm³/mol. The molecule has 10 amide bonds. The lowest BCUT2D eigenvalue weighted by Crippen LogP contribution is -2.62. The zero-order chi connectivity index (χ0) is 68.7. The molecule has 5 heterocycles. The number of amides is 10. The minimum atomic E-state index is -2.07. The standard InChI is InChI=1S/C62H83ClN12O17/c1-25(2)43-59(86)74-29(8)18-20-35(74)57(84)70(13)24-40(78)73(16)49(27(5)6)62(89)90-33(12)45(55(82)66-43)68-53(80)34-19-17-28(7)51-46(34)65-48-41(42(64)50(79)30(9)52(48)92-51)54(81)69-47-38(22-63)91-61(88)32(11)72(15)39(77)23-71(14)58(85)36-21-37(76)31(10)75(36)60(87)44(26(3)4)67-56(47)83/h17,19,25-27,29,31-33,35-36,38,43-45,47,49H,18,20-24,64H2,1-16H3,(H,66,82)(H,67,83)(H,68,80)(H,69,81)/t29-,31-,32-,33+,35-,36-,38+,43+,44+,45-,47-,49-/m0/s1. The molecule has 6 aliphatic rings. The van der Waals surface area contributed by atoms with Gasteiger partial charge in [-0.15, -0.1) is 11.6 Å². The summed E-state index contributed by atoms with van der Waals surface area (Å²) in [5.41, 5.74) is 3.09. The molecule has 0 saturated carbocycles. The lowest BCUT2D eigenvalue weighted by atomic mass is 9.98. The molecule has 7 rings (SSSR count). The average molecular weight is 1300 g/mol. The van der Waals surface area contributed by atoms with Crippen LogP contribution in [0.5, 0.6) is 0 Å². The van der Waals surface area contributed by atoms with E-state index in [2.05, 4.69) is 21.3 Å². The van der Waals surface area contributed by atoms with Crippen LogP contribution in [0.25, 0.3) is 22.6 Å². The number of likely N-dealkylation sites (N-methyl/N-ethyl adjacent to an activating group) is 4. The number of nitrogens with zero attached hydrogens (tertiary/aromatic N) is 7. The van der Waals surface area contributed by atoms with Crippen LogP contribution in [0.1, 0.15) is 120 Å². The van der Waals surface area contributed by atoms with Crippen molar-refractivity contribution < 1.29 is 76.2 Å². The molecule has 30 heteroatoms. The van der Waals surface area contributed by atoms with Crippen molar-refractivity contribution in [1.82, 2.24) is 55.7 Å². The van der Waals surface area contributed by atoms with E-state index < -0.39 is 215 Å². The number of alkyl halides is 1. The SMILES string of the molecule is Cc1c2oc3c(C)ccc(C(=O)N[C@@H]4C(=O)N[C@H](C(C)C)C(=O)N5[C@@H](C)CC[C@H]5C(=O)N(C)CC(=O)N(C)[C@@H](C(C)C)C(=O)O[C@@H]4C)c3nc-2c(C(=O)N[C@@H]2C(=O)N[C@H](C(C)C)C(=O)N3[C@@H](C)C(=O)C[C@H]3C(=O)N(C)CC(=O)N(C)[C@@H](C)C(=O)O[C@@H]2CCl)c(N)c1=O. The Hall–Kier alpha value is -8.76. The summed E-state index contributed by atoms with van der Waals surface area (Å²) in [6, 6.07) is -10.7. The van der Waals surface area contributed by atoms with Gasteiger partial charge in [0.05, 0.1) is 41.8 Å². The number of aromatic nitrogens is 1. The van der Waals surface area contributed by atoms with E-state index in [-0.39, 0.29) is 34.4 Å². The van der Waals surface area contributed by atoms with Crippen molar-refractivity contribution in [1.29, 1.82) is 0 Å². The highest BCUT2D eigenvalue weighted by Gasteiger charge is 2.50. The highest BCUT2D eigenvalue weighted by atomic mass is 35.5. The van der Waals surface area contributed by atoms with E-state index in [0.29, 0.717) is 12.0 Å². The molecule has 29 nitrogen and oxygen atoms in total. The van der Waals surface area contributed by atoms with Gasteiger partial charge in [-0.05, 0) is 83.8 Å². The van der Waals surface area contributed by atoms with E-state index >= 15 is 9.59 Å². The molecule has 0 radical (unpaired) electrons. The van der Waals surface area contributed by atoms with Gasteiger partial charge in [-0.2, -0.15) is 0 Å². The minimum absolute atomic E-state index is 0.115. The number of carbonyl (C=O) groups is 13. The smallest absolute Gasteiger partial charge is 0.329 e. The zero-order valence-corrected chi connectivity index (χ0v) is 55.3. The number of halogens is 1. The van der Waals surface area contributed by atoms with Gasteiger partial charge in [-0.1, -0.05) is 47.6 Å². The lowest BCUT2D eigenvalue weighted by molar-refractivity contribution is -0.163. The van der Waals surface area contributed by atoms with Crippen molar-refractivity contribution >= 4 is 105 Å². The molecular formula is C62H83ClN12O17. The zero-order valence-electron chi connectivity index (χ0n) is 54.6. The third kappa shape index (κ3) is 13.7. The minimum Gasteiger partial charge on any atom is -0.458 e. The second kappa shape index (κ2) is 28.0.